The van der Waals surface area contributed by atoms with Crippen LogP contribution < -0.4 is 11.5 Å². The van der Waals surface area contributed by atoms with Gasteiger partial charge in [-0.15, -0.1) is 10.2 Å². The van der Waals surface area contributed by atoms with Gasteiger partial charge in [-0.25, -0.2) is 4.98 Å². The minimum atomic E-state index is 0.0776. The van der Waals surface area contributed by atoms with Gasteiger partial charge in [0.1, 0.15) is 0 Å². The molecule has 0 amide bonds. The molecule has 146 valence electrons. The number of hydrogen-bond donors (Lipinski definition) is 2. The lowest BCUT2D eigenvalue weighted by molar-refractivity contribution is 0.119. The number of nitrogens with two attached hydrogens (primary N) is 2. The van der Waals surface area contributed by atoms with Gasteiger partial charge >= 0.3 is 0 Å². The molecule has 0 aliphatic carbocycles. The third-order valence-corrected chi connectivity index (χ3v) is 5.13. The Bertz CT molecular complexity index is 996. The molecule has 1 aliphatic rings. The fourth-order valence-corrected chi connectivity index (χ4v) is 3.55. The highest BCUT2D eigenvalue weighted by Gasteiger charge is 2.19. The minimum absolute atomic E-state index is 0.0776. The number of piperazine rings is 1. The van der Waals surface area contributed by atoms with Crippen LogP contribution in [0.25, 0.3) is 11.2 Å². The van der Waals surface area contributed by atoms with Gasteiger partial charge in [0.05, 0.1) is 6.54 Å². The Hall–Kier alpha value is -2.91. The molecule has 0 saturated carbocycles. The summed E-state index contributed by atoms with van der Waals surface area (Å²) in [6, 6.07) is 6.68. The molecule has 9 heteroatoms. The molecule has 9 nitrogen and oxygen atoms in total. The van der Waals surface area contributed by atoms with Crippen LogP contribution in [-0.2, 0) is 13.1 Å². The van der Waals surface area contributed by atoms with E-state index < -0.39 is 0 Å². The standard InChI is InChI=1S/C19H25N9/c1-12-3-4-14(13(2)9-12)10-27-5-7-28(8-6-27)11-15-22-16-17(20)23-19(21)24-18(16)26-25-15/h3-4,9H,5-8,10-11H2,1-2H3,(H4,20,21,23,24,26). The van der Waals surface area contributed by atoms with Crippen LogP contribution in [0.1, 0.15) is 22.5 Å². The van der Waals surface area contributed by atoms with Gasteiger partial charge in [-0.1, -0.05) is 23.8 Å². The average molecular weight is 379 g/mol. The molecule has 3 heterocycles. The van der Waals surface area contributed by atoms with Crippen LogP contribution in [0.5, 0.6) is 0 Å². The van der Waals surface area contributed by atoms with Gasteiger partial charge in [0.25, 0.3) is 0 Å². The Morgan fingerprint density at radius 2 is 1.61 bits per heavy atom. The molecule has 0 bridgehead atoms. The number of nitrogen functional groups attached to an aromatic ring is 2. The summed E-state index contributed by atoms with van der Waals surface area (Å²) in [4.78, 5) is 17.3. The molecule has 1 saturated heterocycles. The predicted molar refractivity (Wildman–Crippen MR) is 108 cm³/mol. The average Bonchev–Trinajstić information content (AvgIpc) is 2.66. The monoisotopic (exact) mass is 379 g/mol. The number of nitrogens with zero attached hydrogens (tertiary/aromatic N) is 7. The summed E-state index contributed by atoms with van der Waals surface area (Å²) < 4.78 is 0. The zero-order valence-electron chi connectivity index (χ0n) is 16.3. The first-order valence-electron chi connectivity index (χ1n) is 9.41. The quantitative estimate of drug-likeness (QED) is 0.681. The first kappa shape index (κ1) is 18.5. The lowest BCUT2D eigenvalue weighted by Crippen LogP contribution is -2.45. The maximum atomic E-state index is 5.89. The van der Waals surface area contributed by atoms with Crippen LogP contribution in [-0.4, -0.2) is 61.1 Å². The Morgan fingerprint density at radius 1 is 0.893 bits per heavy atom. The number of anilines is 2. The number of aromatic nitrogens is 5. The summed E-state index contributed by atoms with van der Waals surface area (Å²) >= 11 is 0. The van der Waals surface area contributed by atoms with Gasteiger partial charge in [-0.3, -0.25) is 9.80 Å². The van der Waals surface area contributed by atoms with Crippen molar-refractivity contribution in [3.05, 3.63) is 40.7 Å². The van der Waals surface area contributed by atoms with Gasteiger partial charge in [-0.05, 0) is 25.0 Å². The molecule has 0 spiro atoms. The van der Waals surface area contributed by atoms with Crippen molar-refractivity contribution in [2.75, 3.05) is 37.6 Å². The number of rotatable bonds is 4. The zero-order valence-corrected chi connectivity index (χ0v) is 16.3. The summed E-state index contributed by atoms with van der Waals surface area (Å²) in [6.45, 7) is 9.87. The summed E-state index contributed by atoms with van der Waals surface area (Å²) in [5, 5.41) is 8.27. The van der Waals surface area contributed by atoms with E-state index in [0.717, 1.165) is 32.7 Å². The van der Waals surface area contributed by atoms with Crippen molar-refractivity contribution in [1.82, 2.24) is 34.9 Å². The van der Waals surface area contributed by atoms with E-state index in [4.69, 9.17) is 11.5 Å². The highest BCUT2D eigenvalue weighted by Crippen LogP contribution is 2.16. The van der Waals surface area contributed by atoms with Crippen LogP contribution in [0.15, 0.2) is 18.2 Å². The van der Waals surface area contributed by atoms with E-state index in [1.165, 1.54) is 16.7 Å². The maximum absolute atomic E-state index is 5.89. The summed E-state index contributed by atoms with van der Waals surface area (Å²) in [5.74, 6) is 0.932. The molecule has 1 aromatic carbocycles. The van der Waals surface area contributed by atoms with E-state index in [9.17, 15) is 0 Å². The molecular weight excluding hydrogens is 354 g/mol. The minimum Gasteiger partial charge on any atom is -0.382 e. The van der Waals surface area contributed by atoms with E-state index in [-0.39, 0.29) is 11.8 Å². The van der Waals surface area contributed by atoms with E-state index in [0.29, 0.717) is 23.5 Å². The summed E-state index contributed by atoms with van der Waals surface area (Å²) in [7, 11) is 0. The van der Waals surface area contributed by atoms with E-state index in [2.05, 4.69) is 67.0 Å². The highest BCUT2D eigenvalue weighted by molar-refractivity contribution is 5.81. The van der Waals surface area contributed by atoms with Crippen molar-refractivity contribution in [3.8, 4) is 0 Å². The molecule has 0 radical (unpaired) electrons. The van der Waals surface area contributed by atoms with Crippen LogP contribution in [0.3, 0.4) is 0 Å². The van der Waals surface area contributed by atoms with Gasteiger partial charge < -0.3 is 11.5 Å². The highest BCUT2D eigenvalue weighted by atomic mass is 15.3. The fraction of sp³-hybridized carbons (Fsp3) is 0.421. The molecule has 0 unspecified atom stereocenters. The largest absolute Gasteiger partial charge is 0.382 e. The smallest absolute Gasteiger partial charge is 0.224 e. The first-order valence-corrected chi connectivity index (χ1v) is 9.41. The first-order chi connectivity index (χ1) is 13.5. The van der Waals surface area contributed by atoms with Crippen LogP contribution in [0, 0.1) is 13.8 Å². The topological polar surface area (TPSA) is 123 Å². The number of fused-ring (bicyclic) bond motifs is 1. The number of benzene rings is 1. The van der Waals surface area contributed by atoms with Gasteiger partial charge in [0.15, 0.2) is 17.2 Å². The fourth-order valence-electron chi connectivity index (χ4n) is 3.55. The van der Waals surface area contributed by atoms with E-state index >= 15 is 0 Å². The van der Waals surface area contributed by atoms with Crippen molar-refractivity contribution in [3.63, 3.8) is 0 Å². The Balaban J connectivity index is 1.37. The van der Waals surface area contributed by atoms with Gasteiger partial charge in [0, 0.05) is 32.7 Å². The number of hydrogen-bond acceptors (Lipinski definition) is 9. The number of aryl methyl sites for hydroxylation is 2. The maximum Gasteiger partial charge on any atom is 0.224 e. The van der Waals surface area contributed by atoms with Gasteiger partial charge in [-0.2, -0.15) is 9.97 Å². The molecule has 3 aromatic rings. The zero-order chi connectivity index (χ0) is 19.7. The van der Waals surface area contributed by atoms with Crippen molar-refractivity contribution >= 4 is 22.9 Å². The van der Waals surface area contributed by atoms with E-state index in [1.807, 2.05) is 0 Å². The predicted octanol–water partition coefficient (Wildman–Crippen LogP) is 0.914. The SMILES string of the molecule is Cc1ccc(CN2CCN(Cc3nnc4nc(N)nc(N)c4n3)CC2)c(C)c1. The lowest BCUT2D eigenvalue weighted by atomic mass is 10.1. The molecule has 2 aromatic heterocycles. The summed E-state index contributed by atoms with van der Waals surface area (Å²) in [5.41, 5.74) is 16.3. The van der Waals surface area contributed by atoms with E-state index in [1.54, 1.807) is 0 Å². The molecule has 4 rings (SSSR count). The Labute approximate surface area is 163 Å². The second-order valence-corrected chi connectivity index (χ2v) is 7.35. The molecule has 28 heavy (non-hydrogen) atoms. The summed E-state index contributed by atoms with van der Waals surface area (Å²) in [6.07, 6.45) is 0. The third kappa shape index (κ3) is 4.00. The second-order valence-electron chi connectivity index (χ2n) is 7.35. The van der Waals surface area contributed by atoms with Crippen molar-refractivity contribution in [2.24, 2.45) is 0 Å². The van der Waals surface area contributed by atoms with Gasteiger partial charge in [0.2, 0.25) is 11.6 Å². The Kier molecular flexibility index (Phi) is 5.01. The van der Waals surface area contributed by atoms with Crippen molar-refractivity contribution in [1.29, 1.82) is 0 Å². The third-order valence-electron chi connectivity index (χ3n) is 5.13. The molecule has 1 fully saturated rings. The van der Waals surface area contributed by atoms with Crippen molar-refractivity contribution in [2.45, 2.75) is 26.9 Å². The molecule has 4 N–H and O–H groups in total. The Morgan fingerprint density at radius 3 is 2.32 bits per heavy atom. The second kappa shape index (κ2) is 7.61. The molecule has 1 aliphatic heterocycles. The van der Waals surface area contributed by atoms with Crippen LogP contribution in [0.4, 0.5) is 11.8 Å². The lowest BCUT2D eigenvalue weighted by Gasteiger charge is -2.34. The molecular formula is C19H25N9. The van der Waals surface area contributed by atoms with Crippen LogP contribution in [0.2, 0.25) is 0 Å². The normalized spacial score (nSPS) is 15.9. The van der Waals surface area contributed by atoms with Crippen LogP contribution >= 0.6 is 0 Å². The molecule has 0 atom stereocenters. The van der Waals surface area contributed by atoms with Crippen molar-refractivity contribution < 1.29 is 0 Å².